The zero-order chi connectivity index (χ0) is 17.3. The van der Waals surface area contributed by atoms with E-state index in [1.165, 1.54) is 12.8 Å². The minimum Gasteiger partial charge on any atom is -0.357 e. The number of halogens is 1. The van der Waals surface area contributed by atoms with E-state index in [0.717, 1.165) is 31.4 Å². The molecule has 6 nitrogen and oxygen atoms in total. The van der Waals surface area contributed by atoms with Gasteiger partial charge < -0.3 is 15.2 Å². The smallest absolute Gasteiger partial charge is 0.232 e. The number of unbranched alkanes of at least 4 members (excludes halogenated alkanes) is 1. The lowest BCUT2D eigenvalue weighted by Gasteiger charge is -2.11. The Morgan fingerprint density at radius 2 is 1.92 bits per heavy atom. The van der Waals surface area contributed by atoms with E-state index in [4.69, 9.17) is 4.52 Å². The molecule has 0 aliphatic heterocycles. The summed E-state index contributed by atoms with van der Waals surface area (Å²) in [6.45, 7) is 14.9. The average Bonchev–Trinajstić information content (AvgIpc) is 2.93. The van der Waals surface area contributed by atoms with Gasteiger partial charge in [-0.15, -0.1) is 24.0 Å². The largest absolute Gasteiger partial charge is 0.357 e. The van der Waals surface area contributed by atoms with Gasteiger partial charge in [-0.3, -0.25) is 0 Å². The van der Waals surface area contributed by atoms with Gasteiger partial charge in [0.05, 0.1) is 0 Å². The maximum atomic E-state index is 5.29. The van der Waals surface area contributed by atoms with E-state index in [1.807, 2.05) is 0 Å². The second-order valence-electron chi connectivity index (χ2n) is 7.28. The molecule has 1 aromatic heterocycles. The molecular weight excluding hydrogens is 417 g/mol. The highest BCUT2D eigenvalue weighted by Gasteiger charge is 2.21. The second kappa shape index (κ2) is 11.7. The van der Waals surface area contributed by atoms with Crippen molar-refractivity contribution in [3.63, 3.8) is 0 Å². The van der Waals surface area contributed by atoms with Crippen molar-refractivity contribution in [2.45, 2.75) is 72.8 Å². The molecule has 1 aromatic rings. The molecule has 7 heteroatoms. The van der Waals surface area contributed by atoms with Crippen LogP contribution >= 0.6 is 24.0 Å². The van der Waals surface area contributed by atoms with Crippen LogP contribution in [0.4, 0.5) is 0 Å². The van der Waals surface area contributed by atoms with Crippen LogP contribution in [0.3, 0.4) is 0 Å². The first-order valence-electron chi connectivity index (χ1n) is 8.68. The predicted octanol–water partition coefficient (Wildman–Crippen LogP) is 3.87. The SMILES string of the molecule is CCNC(=NCc1noc(C(C)(C)C)n1)NCCCCC(C)C.I. The highest BCUT2D eigenvalue weighted by atomic mass is 127. The number of nitrogens with zero attached hydrogens (tertiary/aromatic N) is 3. The molecule has 0 amide bonds. The first-order valence-corrected chi connectivity index (χ1v) is 8.68. The van der Waals surface area contributed by atoms with Gasteiger partial charge in [0.1, 0.15) is 6.54 Å². The Hall–Kier alpha value is -0.860. The van der Waals surface area contributed by atoms with Crippen LogP contribution in [-0.4, -0.2) is 29.2 Å². The maximum Gasteiger partial charge on any atom is 0.232 e. The Bertz CT molecular complexity index is 480. The molecule has 0 saturated carbocycles. The third kappa shape index (κ3) is 9.44. The summed E-state index contributed by atoms with van der Waals surface area (Å²) < 4.78 is 5.29. The fourth-order valence-corrected chi connectivity index (χ4v) is 2.00. The molecule has 0 aromatic carbocycles. The summed E-state index contributed by atoms with van der Waals surface area (Å²) in [5.41, 5.74) is -0.131. The topological polar surface area (TPSA) is 75.3 Å². The summed E-state index contributed by atoms with van der Waals surface area (Å²) in [6.07, 6.45) is 3.66. The first-order chi connectivity index (χ1) is 10.8. The van der Waals surface area contributed by atoms with Crippen LogP contribution in [-0.2, 0) is 12.0 Å². The van der Waals surface area contributed by atoms with Gasteiger partial charge in [-0.2, -0.15) is 4.98 Å². The molecule has 2 N–H and O–H groups in total. The maximum absolute atomic E-state index is 5.29. The zero-order valence-electron chi connectivity index (χ0n) is 16.0. The van der Waals surface area contributed by atoms with Crippen LogP contribution in [0.2, 0.25) is 0 Å². The summed E-state index contributed by atoms with van der Waals surface area (Å²) in [4.78, 5) is 8.92. The lowest BCUT2D eigenvalue weighted by Crippen LogP contribution is -2.37. The van der Waals surface area contributed by atoms with Crippen molar-refractivity contribution in [2.75, 3.05) is 13.1 Å². The number of aliphatic imine (C=N–C) groups is 1. The van der Waals surface area contributed by atoms with Crippen LogP contribution in [0.1, 0.15) is 72.5 Å². The molecule has 0 atom stereocenters. The fraction of sp³-hybridized carbons (Fsp3) is 0.824. The summed E-state index contributed by atoms with van der Waals surface area (Å²) in [5, 5.41) is 10.6. The van der Waals surface area contributed by atoms with Gasteiger partial charge in [0, 0.05) is 18.5 Å². The Labute approximate surface area is 163 Å². The summed E-state index contributed by atoms with van der Waals surface area (Å²) in [7, 11) is 0. The number of hydrogen-bond donors (Lipinski definition) is 2. The Balaban J connectivity index is 0.00000529. The molecule has 0 fully saturated rings. The molecule has 0 aliphatic rings. The van der Waals surface area contributed by atoms with Crippen LogP contribution < -0.4 is 10.6 Å². The number of rotatable bonds is 8. The molecule has 140 valence electrons. The molecule has 0 bridgehead atoms. The molecule has 0 spiro atoms. The number of hydrogen-bond acceptors (Lipinski definition) is 4. The quantitative estimate of drug-likeness (QED) is 0.272. The lowest BCUT2D eigenvalue weighted by molar-refractivity contribution is 0.318. The summed E-state index contributed by atoms with van der Waals surface area (Å²) in [5.74, 6) is 2.84. The van der Waals surface area contributed by atoms with Crippen molar-refractivity contribution in [3.8, 4) is 0 Å². The first kappa shape index (κ1) is 23.1. The van der Waals surface area contributed by atoms with Gasteiger partial charge >= 0.3 is 0 Å². The van der Waals surface area contributed by atoms with Crippen molar-refractivity contribution < 1.29 is 4.52 Å². The third-order valence-corrected chi connectivity index (χ3v) is 3.33. The number of aromatic nitrogens is 2. The van der Waals surface area contributed by atoms with E-state index in [1.54, 1.807) is 0 Å². The van der Waals surface area contributed by atoms with Crippen LogP contribution in [0.25, 0.3) is 0 Å². The number of nitrogens with one attached hydrogen (secondary N) is 2. The Morgan fingerprint density at radius 1 is 1.21 bits per heavy atom. The average molecular weight is 451 g/mol. The van der Waals surface area contributed by atoms with E-state index in [0.29, 0.717) is 18.3 Å². The predicted molar refractivity (Wildman–Crippen MR) is 110 cm³/mol. The molecule has 24 heavy (non-hydrogen) atoms. The van der Waals surface area contributed by atoms with Gasteiger partial charge in [-0.1, -0.05) is 52.6 Å². The Kier molecular flexibility index (Phi) is 11.2. The van der Waals surface area contributed by atoms with Crippen molar-refractivity contribution in [3.05, 3.63) is 11.7 Å². The Morgan fingerprint density at radius 3 is 2.46 bits per heavy atom. The second-order valence-corrected chi connectivity index (χ2v) is 7.28. The molecule has 0 radical (unpaired) electrons. The van der Waals surface area contributed by atoms with Gasteiger partial charge in [0.25, 0.3) is 0 Å². The van der Waals surface area contributed by atoms with Crippen molar-refractivity contribution in [1.82, 2.24) is 20.8 Å². The van der Waals surface area contributed by atoms with Gasteiger partial charge in [-0.25, -0.2) is 4.99 Å². The van der Waals surface area contributed by atoms with Crippen molar-refractivity contribution in [2.24, 2.45) is 10.9 Å². The van der Waals surface area contributed by atoms with E-state index in [2.05, 4.69) is 67.3 Å². The van der Waals surface area contributed by atoms with Gasteiger partial charge in [-0.05, 0) is 19.3 Å². The zero-order valence-corrected chi connectivity index (χ0v) is 18.3. The van der Waals surface area contributed by atoms with Crippen molar-refractivity contribution in [1.29, 1.82) is 0 Å². The fourth-order valence-electron chi connectivity index (χ4n) is 2.00. The molecule has 1 rings (SSSR count). The van der Waals surface area contributed by atoms with Crippen molar-refractivity contribution >= 4 is 29.9 Å². The van der Waals surface area contributed by atoms with E-state index in [9.17, 15) is 0 Å². The molecule has 0 saturated heterocycles. The highest BCUT2D eigenvalue weighted by Crippen LogP contribution is 2.19. The lowest BCUT2D eigenvalue weighted by atomic mass is 9.97. The molecule has 0 aliphatic carbocycles. The third-order valence-electron chi connectivity index (χ3n) is 3.33. The van der Waals surface area contributed by atoms with E-state index < -0.39 is 0 Å². The van der Waals surface area contributed by atoms with E-state index in [-0.39, 0.29) is 29.4 Å². The standard InChI is InChI=1S/C17H33N5O.HI/c1-7-18-16(19-11-9-8-10-13(2)3)20-12-14-21-15(23-22-14)17(4,5)6;/h13H,7-12H2,1-6H3,(H2,18,19,20);1H. The molecule has 0 unspecified atom stereocenters. The van der Waals surface area contributed by atoms with Crippen LogP contribution in [0.5, 0.6) is 0 Å². The molecular formula is C17H34IN5O. The minimum atomic E-state index is -0.131. The minimum absolute atomic E-state index is 0. The van der Waals surface area contributed by atoms with Gasteiger partial charge in [0.15, 0.2) is 11.8 Å². The monoisotopic (exact) mass is 451 g/mol. The van der Waals surface area contributed by atoms with Crippen LogP contribution in [0, 0.1) is 5.92 Å². The van der Waals surface area contributed by atoms with Gasteiger partial charge in [0.2, 0.25) is 5.89 Å². The van der Waals surface area contributed by atoms with E-state index >= 15 is 0 Å². The molecule has 1 heterocycles. The summed E-state index contributed by atoms with van der Waals surface area (Å²) >= 11 is 0. The summed E-state index contributed by atoms with van der Waals surface area (Å²) in [6, 6.07) is 0. The normalized spacial score (nSPS) is 12.2. The number of guanidine groups is 1. The van der Waals surface area contributed by atoms with Crippen LogP contribution in [0.15, 0.2) is 9.52 Å². The highest BCUT2D eigenvalue weighted by molar-refractivity contribution is 14.0.